The first-order chi connectivity index (χ1) is 12.4. The van der Waals surface area contributed by atoms with Crippen molar-refractivity contribution in [3.05, 3.63) is 69.3 Å². The van der Waals surface area contributed by atoms with Crippen LogP contribution in [0.4, 0.5) is 11.4 Å². The van der Waals surface area contributed by atoms with Gasteiger partial charge in [0, 0.05) is 30.8 Å². The van der Waals surface area contributed by atoms with E-state index in [4.69, 9.17) is 0 Å². The zero-order chi connectivity index (χ0) is 18.8. The number of rotatable bonds is 5. The Hall–Kier alpha value is -3.55. The minimum atomic E-state index is -0.559. The zero-order valence-electron chi connectivity index (χ0n) is 13.9. The Morgan fingerprint density at radius 1 is 1.12 bits per heavy atom. The third-order valence-electron chi connectivity index (χ3n) is 4.03. The van der Waals surface area contributed by atoms with E-state index in [1.165, 1.54) is 24.3 Å². The maximum atomic E-state index is 12.3. The average molecular weight is 353 g/mol. The highest BCUT2D eigenvalue weighted by Gasteiger charge is 2.35. The number of benzene rings is 2. The van der Waals surface area contributed by atoms with Crippen LogP contribution in [0.1, 0.15) is 32.7 Å². The Balaban J connectivity index is 1.64. The molecular weight excluding hydrogens is 338 g/mol. The number of hydrogen-bond acceptors (Lipinski definition) is 5. The topological polar surface area (TPSA) is 110 Å². The lowest BCUT2D eigenvalue weighted by atomic mass is 10.1. The van der Waals surface area contributed by atoms with Gasteiger partial charge in [-0.2, -0.15) is 0 Å². The molecule has 1 N–H and O–H groups in total. The smallest absolute Gasteiger partial charge is 0.271 e. The molecule has 0 atom stereocenters. The summed E-state index contributed by atoms with van der Waals surface area (Å²) in [6, 6.07) is 10.5. The number of carbonyl (C=O) groups excluding carboxylic acids is 3. The van der Waals surface area contributed by atoms with Crippen LogP contribution in [0, 0.1) is 17.0 Å². The molecule has 0 aromatic heterocycles. The standard InChI is InChI=1S/C18H15N3O5/c1-11-5-6-14-15(9-11)18(24)20(17(14)23)8-7-16(22)19-12-3-2-4-13(10-12)21(25)26/h2-6,9-10H,7-8H2,1H3,(H,19,22). The summed E-state index contributed by atoms with van der Waals surface area (Å²) >= 11 is 0. The summed E-state index contributed by atoms with van der Waals surface area (Å²) in [5, 5.41) is 13.3. The van der Waals surface area contributed by atoms with E-state index in [-0.39, 0.29) is 24.3 Å². The lowest BCUT2D eigenvalue weighted by Gasteiger charge is -2.13. The summed E-state index contributed by atoms with van der Waals surface area (Å²) in [4.78, 5) is 47.9. The number of fused-ring (bicyclic) bond motifs is 1. The van der Waals surface area contributed by atoms with E-state index in [1.54, 1.807) is 18.2 Å². The molecule has 8 heteroatoms. The van der Waals surface area contributed by atoms with E-state index in [0.29, 0.717) is 11.1 Å². The van der Waals surface area contributed by atoms with Gasteiger partial charge in [0.05, 0.1) is 16.1 Å². The molecule has 0 saturated carbocycles. The van der Waals surface area contributed by atoms with Crippen LogP contribution in [0.25, 0.3) is 0 Å². The van der Waals surface area contributed by atoms with Crippen LogP contribution in [0.5, 0.6) is 0 Å². The predicted molar refractivity (Wildman–Crippen MR) is 92.9 cm³/mol. The van der Waals surface area contributed by atoms with Crippen molar-refractivity contribution in [3.63, 3.8) is 0 Å². The molecule has 0 fully saturated rings. The summed E-state index contributed by atoms with van der Waals surface area (Å²) in [5.74, 6) is -1.29. The molecule has 0 unspecified atom stereocenters. The van der Waals surface area contributed by atoms with Gasteiger partial charge in [-0.3, -0.25) is 29.4 Å². The maximum Gasteiger partial charge on any atom is 0.271 e. The monoisotopic (exact) mass is 353 g/mol. The first kappa shape index (κ1) is 17.3. The number of imide groups is 1. The van der Waals surface area contributed by atoms with Gasteiger partial charge in [0.25, 0.3) is 17.5 Å². The molecule has 1 aliphatic heterocycles. The SMILES string of the molecule is Cc1ccc2c(c1)C(=O)N(CCC(=O)Nc1cccc([N+](=O)[O-])c1)C2=O. The highest BCUT2D eigenvalue weighted by atomic mass is 16.6. The molecule has 0 spiro atoms. The van der Waals surface area contributed by atoms with E-state index in [0.717, 1.165) is 10.5 Å². The second-order valence-corrected chi connectivity index (χ2v) is 5.92. The molecule has 8 nitrogen and oxygen atoms in total. The number of carbonyl (C=O) groups is 3. The molecule has 0 radical (unpaired) electrons. The van der Waals surface area contributed by atoms with Gasteiger partial charge in [0.15, 0.2) is 0 Å². The molecule has 3 amide bonds. The van der Waals surface area contributed by atoms with Crippen molar-refractivity contribution in [1.29, 1.82) is 0 Å². The Morgan fingerprint density at radius 2 is 1.85 bits per heavy atom. The quantitative estimate of drug-likeness (QED) is 0.504. The van der Waals surface area contributed by atoms with Gasteiger partial charge >= 0.3 is 0 Å². The van der Waals surface area contributed by atoms with Crippen molar-refractivity contribution in [3.8, 4) is 0 Å². The normalized spacial score (nSPS) is 12.9. The Morgan fingerprint density at radius 3 is 2.58 bits per heavy atom. The molecule has 3 rings (SSSR count). The van der Waals surface area contributed by atoms with Crippen molar-refractivity contribution in [2.75, 3.05) is 11.9 Å². The van der Waals surface area contributed by atoms with Crippen LogP contribution in [-0.2, 0) is 4.79 Å². The van der Waals surface area contributed by atoms with Gasteiger partial charge in [-0.15, -0.1) is 0 Å². The van der Waals surface area contributed by atoms with Crippen LogP contribution >= 0.6 is 0 Å². The van der Waals surface area contributed by atoms with Crippen molar-refractivity contribution in [2.24, 2.45) is 0 Å². The molecule has 2 aromatic rings. The predicted octanol–water partition coefficient (Wildman–Crippen LogP) is 2.53. The highest BCUT2D eigenvalue weighted by molar-refractivity contribution is 6.21. The Bertz CT molecular complexity index is 938. The summed E-state index contributed by atoms with van der Waals surface area (Å²) in [6.07, 6.45) is -0.104. The van der Waals surface area contributed by atoms with E-state index >= 15 is 0 Å². The number of hydrogen-bond donors (Lipinski definition) is 1. The Kier molecular flexibility index (Phi) is 4.49. The number of aryl methyl sites for hydroxylation is 1. The van der Waals surface area contributed by atoms with Crippen LogP contribution in [0.15, 0.2) is 42.5 Å². The third kappa shape index (κ3) is 3.30. The zero-order valence-corrected chi connectivity index (χ0v) is 13.9. The second-order valence-electron chi connectivity index (χ2n) is 5.92. The number of nitrogens with zero attached hydrogens (tertiary/aromatic N) is 2. The van der Waals surface area contributed by atoms with E-state index in [1.807, 2.05) is 6.92 Å². The molecule has 0 aliphatic carbocycles. The van der Waals surface area contributed by atoms with Gasteiger partial charge in [0.2, 0.25) is 5.91 Å². The van der Waals surface area contributed by atoms with Gasteiger partial charge in [-0.1, -0.05) is 17.7 Å². The summed E-state index contributed by atoms with van der Waals surface area (Å²) < 4.78 is 0. The highest BCUT2D eigenvalue weighted by Crippen LogP contribution is 2.24. The maximum absolute atomic E-state index is 12.3. The number of nitro groups is 1. The summed E-state index contributed by atoms with van der Waals surface area (Å²) in [6.45, 7) is 1.76. The van der Waals surface area contributed by atoms with Gasteiger partial charge in [-0.25, -0.2) is 0 Å². The third-order valence-corrected chi connectivity index (χ3v) is 4.03. The first-order valence-electron chi connectivity index (χ1n) is 7.88. The number of nitro benzene ring substituents is 1. The minimum Gasteiger partial charge on any atom is -0.326 e. The lowest BCUT2D eigenvalue weighted by Crippen LogP contribution is -2.32. The number of anilines is 1. The van der Waals surface area contributed by atoms with E-state index in [9.17, 15) is 24.5 Å². The fourth-order valence-electron chi connectivity index (χ4n) is 2.74. The number of amides is 3. The van der Waals surface area contributed by atoms with Crippen LogP contribution in [0.3, 0.4) is 0 Å². The van der Waals surface area contributed by atoms with Crippen molar-refractivity contribution in [2.45, 2.75) is 13.3 Å². The number of non-ortho nitro benzene ring substituents is 1. The fraction of sp³-hybridized carbons (Fsp3) is 0.167. The number of nitrogens with one attached hydrogen (secondary N) is 1. The molecule has 132 valence electrons. The minimum absolute atomic E-state index is 0.0633. The molecule has 0 saturated heterocycles. The molecular formula is C18H15N3O5. The molecule has 1 heterocycles. The van der Waals surface area contributed by atoms with Crippen molar-refractivity contribution in [1.82, 2.24) is 4.90 Å². The van der Waals surface area contributed by atoms with E-state index < -0.39 is 22.6 Å². The molecule has 2 aromatic carbocycles. The molecule has 1 aliphatic rings. The summed E-state index contributed by atoms with van der Waals surface area (Å²) in [5.41, 5.74) is 1.68. The average Bonchev–Trinajstić information content (AvgIpc) is 2.83. The van der Waals surface area contributed by atoms with Crippen LogP contribution in [0.2, 0.25) is 0 Å². The van der Waals surface area contributed by atoms with Crippen LogP contribution < -0.4 is 5.32 Å². The lowest BCUT2D eigenvalue weighted by molar-refractivity contribution is -0.384. The van der Waals surface area contributed by atoms with Gasteiger partial charge in [-0.05, 0) is 25.1 Å². The van der Waals surface area contributed by atoms with Crippen molar-refractivity contribution >= 4 is 29.1 Å². The molecule has 0 bridgehead atoms. The molecule has 26 heavy (non-hydrogen) atoms. The first-order valence-corrected chi connectivity index (χ1v) is 7.88. The largest absolute Gasteiger partial charge is 0.326 e. The van der Waals surface area contributed by atoms with E-state index in [2.05, 4.69) is 5.32 Å². The summed E-state index contributed by atoms with van der Waals surface area (Å²) in [7, 11) is 0. The van der Waals surface area contributed by atoms with Gasteiger partial charge < -0.3 is 5.32 Å². The van der Waals surface area contributed by atoms with Crippen molar-refractivity contribution < 1.29 is 19.3 Å². The van der Waals surface area contributed by atoms with Crippen LogP contribution in [-0.4, -0.2) is 34.1 Å². The second kappa shape index (κ2) is 6.75. The Labute approximate surface area is 148 Å². The fourth-order valence-corrected chi connectivity index (χ4v) is 2.74. The van der Waals surface area contributed by atoms with Gasteiger partial charge in [0.1, 0.15) is 0 Å².